The third kappa shape index (κ3) is 5.11. The summed E-state index contributed by atoms with van der Waals surface area (Å²) in [6.45, 7) is 8.17. The molecule has 2 aliphatic rings. The molecule has 1 aliphatic heterocycles. The molecule has 0 aromatic rings. The molecular weight excluding hydrogens is 376 g/mol. The van der Waals surface area contributed by atoms with Crippen molar-refractivity contribution in [3.05, 3.63) is 11.0 Å². The van der Waals surface area contributed by atoms with Gasteiger partial charge in [0.05, 0.1) is 11.5 Å². The van der Waals surface area contributed by atoms with Crippen molar-refractivity contribution in [1.82, 2.24) is 10.0 Å². The summed E-state index contributed by atoms with van der Waals surface area (Å²) in [6.07, 6.45) is 5.04. The van der Waals surface area contributed by atoms with E-state index in [1.165, 1.54) is 10.0 Å². The number of nitrogens with zero attached hydrogens (tertiary/aromatic N) is 2. The molecule has 28 heavy (non-hydrogen) atoms. The third-order valence-corrected chi connectivity index (χ3v) is 6.33. The zero-order valence-electron chi connectivity index (χ0n) is 17.5. The molecule has 0 saturated heterocycles. The molecule has 1 heterocycles. The Labute approximate surface area is 172 Å². The van der Waals surface area contributed by atoms with E-state index in [9.17, 15) is 19.8 Å². The van der Waals surface area contributed by atoms with Gasteiger partial charge in [0.2, 0.25) is 10.8 Å². The maximum atomic E-state index is 13.3. The Hall–Kier alpha value is -1.49. The summed E-state index contributed by atoms with van der Waals surface area (Å²) in [7, 11) is 1.65. The second-order valence-electron chi connectivity index (χ2n) is 8.82. The SMILES string of the molecule is CC1CCC(C(=O)N(N(C)CCO)C2(C(=O)O)C=C(C#CC(C)(C)C)S2)CC1. The molecule has 1 unspecified atom stereocenters. The molecule has 0 bridgehead atoms. The molecule has 1 aliphatic carbocycles. The number of hydrazine groups is 1. The first-order valence-corrected chi connectivity index (χ1v) is 10.7. The molecule has 1 saturated carbocycles. The molecule has 2 rings (SSSR count). The predicted molar refractivity (Wildman–Crippen MR) is 111 cm³/mol. The number of aliphatic hydroxyl groups excluding tert-OH is 1. The van der Waals surface area contributed by atoms with Crippen molar-refractivity contribution < 1.29 is 19.8 Å². The monoisotopic (exact) mass is 408 g/mol. The number of amides is 1. The van der Waals surface area contributed by atoms with Crippen molar-refractivity contribution in [3.63, 3.8) is 0 Å². The van der Waals surface area contributed by atoms with E-state index >= 15 is 0 Å². The van der Waals surface area contributed by atoms with Crippen molar-refractivity contribution in [1.29, 1.82) is 0 Å². The smallest absolute Gasteiger partial charge is 0.346 e. The normalized spacial score (nSPS) is 27.3. The number of allylic oxidation sites excluding steroid dienone is 1. The van der Waals surface area contributed by atoms with Crippen LogP contribution >= 0.6 is 11.8 Å². The lowest BCUT2D eigenvalue weighted by Gasteiger charge is -2.48. The molecular formula is C21H32N2O4S. The summed E-state index contributed by atoms with van der Waals surface area (Å²) in [6, 6.07) is 0. The summed E-state index contributed by atoms with van der Waals surface area (Å²) in [5.41, 5.74) is -0.190. The number of likely N-dealkylation sites (N-methyl/N-ethyl adjacent to an activating group) is 1. The number of carbonyl (C=O) groups excluding carboxylic acids is 1. The van der Waals surface area contributed by atoms with E-state index in [2.05, 4.69) is 18.8 Å². The molecule has 0 aromatic carbocycles. The molecule has 6 nitrogen and oxygen atoms in total. The van der Waals surface area contributed by atoms with Gasteiger partial charge in [0.1, 0.15) is 0 Å². The number of aliphatic hydroxyl groups is 1. The summed E-state index contributed by atoms with van der Waals surface area (Å²) in [5, 5.41) is 22.2. The number of hydrogen-bond donors (Lipinski definition) is 2. The lowest BCUT2D eigenvalue weighted by Crippen LogP contribution is -2.64. The highest BCUT2D eigenvalue weighted by atomic mass is 32.2. The first-order valence-electron chi connectivity index (χ1n) is 9.84. The Morgan fingerprint density at radius 1 is 1.29 bits per heavy atom. The lowest BCUT2D eigenvalue weighted by atomic mass is 9.82. The van der Waals surface area contributed by atoms with Crippen LogP contribution in [-0.2, 0) is 9.59 Å². The predicted octanol–water partition coefficient (Wildman–Crippen LogP) is 2.94. The third-order valence-electron chi connectivity index (χ3n) is 5.11. The Kier molecular flexibility index (Phi) is 7.24. The van der Waals surface area contributed by atoms with Crippen molar-refractivity contribution in [2.45, 2.75) is 58.2 Å². The van der Waals surface area contributed by atoms with Gasteiger partial charge in [-0.05, 0) is 58.4 Å². The maximum Gasteiger partial charge on any atom is 0.346 e. The summed E-state index contributed by atoms with van der Waals surface area (Å²) in [4.78, 5) is 24.7. The van der Waals surface area contributed by atoms with Gasteiger partial charge >= 0.3 is 5.97 Å². The van der Waals surface area contributed by atoms with Crippen LogP contribution in [0.5, 0.6) is 0 Å². The van der Waals surface area contributed by atoms with Crippen molar-refractivity contribution >= 4 is 23.6 Å². The van der Waals surface area contributed by atoms with Crippen LogP contribution in [0.2, 0.25) is 0 Å². The van der Waals surface area contributed by atoms with Gasteiger partial charge < -0.3 is 10.2 Å². The summed E-state index contributed by atoms with van der Waals surface area (Å²) >= 11 is 1.09. The molecule has 0 radical (unpaired) electrons. The minimum atomic E-state index is -1.51. The largest absolute Gasteiger partial charge is 0.479 e. The summed E-state index contributed by atoms with van der Waals surface area (Å²) < 4.78 is 0. The number of aliphatic carboxylic acids is 1. The number of hydrogen-bond acceptors (Lipinski definition) is 5. The summed E-state index contributed by atoms with van der Waals surface area (Å²) in [5.74, 6) is 5.25. The minimum Gasteiger partial charge on any atom is -0.479 e. The highest BCUT2D eigenvalue weighted by molar-refractivity contribution is 8.06. The average molecular weight is 409 g/mol. The zero-order valence-corrected chi connectivity index (χ0v) is 18.3. The van der Waals surface area contributed by atoms with E-state index in [0.717, 1.165) is 37.4 Å². The van der Waals surface area contributed by atoms with E-state index in [4.69, 9.17) is 0 Å². The van der Waals surface area contributed by atoms with Gasteiger partial charge in [-0.1, -0.05) is 30.5 Å². The fourth-order valence-corrected chi connectivity index (χ4v) is 4.53. The van der Waals surface area contributed by atoms with Crippen LogP contribution in [0.1, 0.15) is 53.4 Å². The van der Waals surface area contributed by atoms with Crippen LogP contribution in [0.15, 0.2) is 11.0 Å². The molecule has 156 valence electrons. The fraction of sp³-hybridized carbons (Fsp3) is 0.714. The number of carbonyl (C=O) groups is 2. The molecule has 0 spiro atoms. The molecule has 1 amide bonds. The van der Waals surface area contributed by atoms with Gasteiger partial charge in [-0.3, -0.25) is 4.79 Å². The Balaban J connectivity index is 2.34. The number of thioether (sulfide) groups is 1. The number of carboxylic acid groups (broad SMARTS) is 1. The first-order chi connectivity index (χ1) is 13.0. The van der Waals surface area contributed by atoms with E-state index < -0.39 is 10.8 Å². The highest BCUT2D eigenvalue weighted by Gasteiger charge is 2.55. The second-order valence-corrected chi connectivity index (χ2v) is 10.1. The minimum absolute atomic E-state index is 0.164. The fourth-order valence-electron chi connectivity index (χ4n) is 3.47. The van der Waals surface area contributed by atoms with E-state index in [1.807, 2.05) is 20.8 Å². The molecule has 0 aromatic heterocycles. The van der Waals surface area contributed by atoms with E-state index in [-0.39, 0.29) is 30.4 Å². The van der Waals surface area contributed by atoms with Crippen molar-refractivity contribution in [2.75, 3.05) is 20.2 Å². The lowest BCUT2D eigenvalue weighted by molar-refractivity contribution is -0.171. The highest BCUT2D eigenvalue weighted by Crippen LogP contribution is 2.48. The topological polar surface area (TPSA) is 81.1 Å². The Morgan fingerprint density at radius 3 is 2.32 bits per heavy atom. The molecule has 2 N–H and O–H groups in total. The maximum absolute atomic E-state index is 13.3. The zero-order chi connectivity index (χ0) is 21.1. The molecule has 1 fully saturated rings. The van der Waals surface area contributed by atoms with Gasteiger partial charge in [-0.2, -0.15) is 0 Å². The Bertz CT molecular complexity index is 695. The van der Waals surface area contributed by atoms with E-state index in [1.54, 1.807) is 13.1 Å². The van der Waals surface area contributed by atoms with E-state index in [0.29, 0.717) is 10.8 Å². The van der Waals surface area contributed by atoms with Gasteiger partial charge in [-0.15, -0.1) is 0 Å². The average Bonchev–Trinajstić information content (AvgIpc) is 2.55. The number of carboxylic acids is 1. The van der Waals surface area contributed by atoms with Gasteiger partial charge in [-0.25, -0.2) is 14.8 Å². The molecule has 1 atom stereocenters. The van der Waals surface area contributed by atoms with Crippen LogP contribution < -0.4 is 0 Å². The van der Waals surface area contributed by atoms with Crippen LogP contribution in [0.4, 0.5) is 0 Å². The Morgan fingerprint density at radius 2 is 1.86 bits per heavy atom. The van der Waals surface area contributed by atoms with Gasteiger partial charge in [0.15, 0.2) is 0 Å². The van der Waals surface area contributed by atoms with Crippen LogP contribution in [0.25, 0.3) is 0 Å². The van der Waals surface area contributed by atoms with Gasteiger partial charge in [0, 0.05) is 24.9 Å². The van der Waals surface area contributed by atoms with Crippen molar-refractivity contribution in [3.8, 4) is 11.8 Å². The van der Waals surface area contributed by atoms with Crippen molar-refractivity contribution in [2.24, 2.45) is 17.3 Å². The second kappa shape index (κ2) is 8.89. The van der Waals surface area contributed by atoms with Crippen LogP contribution in [0, 0.1) is 29.1 Å². The standard InChI is InChI=1S/C21H32N2O4S/c1-15-6-8-16(9-7-15)18(25)23(22(5)12-13-24)21(19(26)27)14-17(28-21)10-11-20(2,3)4/h14-16,24H,6-9,12-13H2,1-5H3,(H,26,27). The van der Waals surface area contributed by atoms with Gasteiger partial charge in [0.25, 0.3) is 0 Å². The quantitative estimate of drug-likeness (QED) is 0.520. The molecule has 7 heteroatoms. The van der Waals surface area contributed by atoms with Crippen LogP contribution in [0.3, 0.4) is 0 Å². The number of rotatable bonds is 6. The van der Waals surface area contributed by atoms with Crippen LogP contribution in [-0.4, -0.2) is 57.2 Å². The first kappa shape index (κ1) is 22.8.